The quantitative estimate of drug-likeness (QED) is 0.682. The molecule has 1 aromatic carbocycles. The van der Waals surface area contributed by atoms with Gasteiger partial charge in [0.1, 0.15) is 5.82 Å². The van der Waals surface area contributed by atoms with Gasteiger partial charge in [0.05, 0.1) is 33.3 Å². The summed E-state index contributed by atoms with van der Waals surface area (Å²) in [6, 6.07) is 6.45. The van der Waals surface area contributed by atoms with Crippen molar-refractivity contribution in [2.75, 3.05) is 5.75 Å². The Labute approximate surface area is 151 Å². The summed E-state index contributed by atoms with van der Waals surface area (Å²) in [6.07, 6.45) is 5.28. The van der Waals surface area contributed by atoms with E-state index in [0.29, 0.717) is 22.5 Å². The minimum atomic E-state index is -2.81. The zero-order valence-corrected chi connectivity index (χ0v) is 15.4. The van der Waals surface area contributed by atoms with Crippen LogP contribution in [0.4, 0.5) is 4.39 Å². The minimum absolute atomic E-state index is 0.246. The van der Waals surface area contributed by atoms with Gasteiger partial charge in [-0.3, -0.25) is 9.78 Å². The highest BCUT2D eigenvalue weighted by Gasteiger charge is 2.15. The lowest BCUT2D eigenvalue weighted by atomic mass is 10.3. The largest absolute Gasteiger partial charge is 0.272 e. The summed E-state index contributed by atoms with van der Waals surface area (Å²) in [5.41, 5.74) is 1.15. The highest BCUT2D eigenvalue weighted by Crippen LogP contribution is 2.22. The van der Waals surface area contributed by atoms with Crippen LogP contribution in [0.15, 0.2) is 52.1 Å². The van der Waals surface area contributed by atoms with Gasteiger partial charge in [0, 0.05) is 34.7 Å². The van der Waals surface area contributed by atoms with Crippen molar-refractivity contribution in [1.29, 1.82) is 0 Å². The first kappa shape index (κ1) is 18.2. The normalized spacial score (nSPS) is 13.5. The van der Waals surface area contributed by atoms with Gasteiger partial charge >= 0.3 is 0 Å². The van der Waals surface area contributed by atoms with E-state index in [9.17, 15) is 13.4 Å². The molecule has 0 radical (unpaired) electrons. The molecular weight excluding hydrogens is 355 g/mol. The molecule has 136 valence electrons. The Bertz CT molecular complexity index is 1080. The fraction of sp³-hybridized carbons (Fsp3) is 0.278. The van der Waals surface area contributed by atoms with E-state index in [1.165, 1.54) is 16.9 Å². The zero-order chi connectivity index (χ0) is 18.7. The van der Waals surface area contributed by atoms with Gasteiger partial charge in [-0.05, 0) is 24.6 Å². The van der Waals surface area contributed by atoms with Crippen LogP contribution in [0.3, 0.4) is 0 Å². The number of halogens is 1. The number of aromatic nitrogens is 3. The van der Waals surface area contributed by atoms with E-state index < -0.39 is 15.5 Å². The number of pyridine rings is 1. The van der Waals surface area contributed by atoms with Crippen LogP contribution in [0.1, 0.15) is 26.7 Å². The van der Waals surface area contributed by atoms with Gasteiger partial charge in [-0.2, -0.15) is 9.46 Å². The molecule has 1 unspecified atom stereocenters. The number of carbonyl (C=O) groups excluding carboxylic acids is 1. The molecule has 3 rings (SSSR count). The Hall–Kier alpha value is -2.61. The molecule has 8 heteroatoms. The highest BCUT2D eigenvalue weighted by molar-refractivity contribution is 7.93. The molecule has 2 aromatic heterocycles. The third-order valence-corrected chi connectivity index (χ3v) is 6.18. The number of fused-ring (bicyclic) bond motifs is 1. The molecule has 26 heavy (non-hydrogen) atoms. The first-order chi connectivity index (χ1) is 12.4. The molecule has 0 saturated carbocycles. The van der Waals surface area contributed by atoms with E-state index in [4.69, 9.17) is 0 Å². The summed E-state index contributed by atoms with van der Waals surface area (Å²) in [6.45, 7) is 3.62. The minimum Gasteiger partial charge on any atom is -0.272 e. The summed E-state index contributed by atoms with van der Waals surface area (Å²) >= 11 is 0. The van der Waals surface area contributed by atoms with E-state index in [0.717, 1.165) is 11.6 Å². The van der Waals surface area contributed by atoms with Crippen molar-refractivity contribution in [3.05, 3.63) is 48.7 Å². The molecular formula is C18H19FN4O2S. The molecule has 0 aliphatic heterocycles. The Morgan fingerprint density at radius 1 is 1.27 bits per heavy atom. The van der Waals surface area contributed by atoms with E-state index in [-0.39, 0.29) is 18.1 Å². The lowest BCUT2D eigenvalue weighted by Gasteiger charge is -2.07. The van der Waals surface area contributed by atoms with Crippen LogP contribution in [0, 0.1) is 5.82 Å². The molecule has 0 N–H and O–H groups in total. The predicted molar refractivity (Wildman–Crippen MR) is 98.1 cm³/mol. The maximum absolute atomic E-state index is 13.4. The second-order valence-corrected chi connectivity index (χ2v) is 8.33. The Morgan fingerprint density at radius 2 is 2.08 bits per heavy atom. The fourth-order valence-electron chi connectivity index (χ4n) is 2.57. The summed E-state index contributed by atoms with van der Waals surface area (Å²) in [4.78, 5) is 16.2. The van der Waals surface area contributed by atoms with Crippen LogP contribution in [-0.4, -0.2) is 30.6 Å². The average molecular weight is 374 g/mol. The smallest absolute Gasteiger partial charge is 0.254 e. The van der Waals surface area contributed by atoms with Gasteiger partial charge in [0.25, 0.3) is 5.91 Å². The van der Waals surface area contributed by atoms with E-state index in [2.05, 4.69) is 14.4 Å². The van der Waals surface area contributed by atoms with Crippen molar-refractivity contribution < 1.29 is 13.4 Å². The lowest BCUT2D eigenvalue weighted by Crippen LogP contribution is -2.07. The molecule has 0 bridgehead atoms. The fourth-order valence-corrected chi connectivity index (χ4v) is 4.15. The van der Waals surface area contributed by atoms with E-state index in [1.54, 1.807) is 31.3 Å². The first-order valence-corrected chi connectivity index (χ1v) is 10.0. The molecule has 6 nitrogen and oxygen atoms in total. The summed E-state index contributed by atoms with van der Waals surface area (Å²) in [5, 5.41) is 5.11. The number of carbonyl (C=O) groups is 1. The van der Waals surface area contributed by atoms with E-state index >= 15 is 0 Å². The van der Waals surface area contributed by atoms with Gasteiger partial charge < -0.3 is 0 Å². The van der Waals surface area contributed by atoms with Crippen LogP contribution < -0.4 is 0 Å². The summed E-state index contributed by atoms with van der Waals surface area (Å²) < 4.78 is 32.0. The molecule has 3 aromatic rings. The summed E-state index contributed by atoms with van der Waals surface area (Å²) in [7, 11) is -2.81. The monoisotopic (exact) mass is 374 g/mol. The van der Waals surface area contributed by atoms with Crippen molar-refractivity contribution in [2.45, 2.75) is 31.6 Å². The second-order valence-electron chi connectivity index (χ2n) is 5.82. The van der Waals surface area contributed by atoms with Crippen LogP contribution in [0.5, 0.6) is 0 Å². The van der Waals surface area contributed by atoms with Gasteiger partial charge in [-0.1, -0.05) is 13.8 Å². The standard InChI is InChI=1S/C18H19FN4O2S/c1-3-5-18(24)22-26(25,4-2)16-6-7-17-13(8-16)12-23(21-17)15-9-14(19)10-20-11-15/h6-12H,3-5H2,1-2H3. The van der Waals surface area contributed by atoms with Crippen molar-refractivity contribution >= 4 is 26.5 Å². The molecule has 0 spiro atoms. The van der Waals surface area contributed by atoms with Crippen molar-refractivity contribution in [3.8, 4) is 5.69 Å². The predicted octanol–water partition coefficient (Wildman–Crippen LogP) is 3.73. The number of rotatable bonds is 5. The lowest BCUT2D eigenvalue weighted by molar-refractivity contribution is -0.117. The van der Waals surface area contributed by atoms with E-state index in [1.807, 2.05) is 6.92 Å². The second kappa shape index (κ2) is 7.33. The molecule has 1 atom stereocenters. The molecule has 0 fully saturated rings. The number of hydrogen-bond donors (Lipinski definition) is 0. The Morgan fingerprint density at radius 3 is 2.77 bits per heavy atom. The average Bonchev–Trinajstić information content (AvgIpc) is 3.05. The third-order valence-electron chi connectivity index (χ3n) is 3.90. The van der Waals surface area contributed by atoms with Crippen molar-refractivity contribution in [1.82, 2.24) is 14.8 Å². The van der Waals surface area contributed by atoms with Crippen LogP contribution >= 0.6 is 0 Å². The molecule has 0 aliphatic carbocycles. The number of amides is 1. The first-order valence-electron chi connectivity index (χ1n) is 8.33. The van der Waals surface area contributed by atoms with Gasteiger partial charge in [0.15, 0.2) is 0 Å². The van der Waals surface area contributed by atoms with Gasteiger partial charge in [-0.25, -0.2) is 13.3 Å². The van der Waals surface area contributed by atoms with Crippen LogP contribution in [0.2, 0.25) is 0 Å². The Balaban J connectivity index is 2.06. The number of benzene rings is 1. The SMILES string of the molecule is CCCC(=O)N=S(=O)(CC)c1ccc2nn(-c3cncc(F)c3)cc2c1. The van der Waals surface area contributed by atoms with Crippen molar-refractivity contribution in [2.24, 2.45) is 4.36 Å². The van der Waals surface area contributed by atoms with Gasteiger partial charge in [-0.15, -0.1) is 0 Å². The molecule has 0 aliphatic rings. The molecule has 1 amide bonds. The molecule has 0 saturated heterocycles. The van der Waals surface area contributed by atoms with Crippen LogP contribution in [-0.2, 0) is 14.5 Å². The number of nitrogens with zero attached hydrogens (tertiary/aromatic N) is 4. The number of hydrogen-bond acceptors (Lipinski definition) is 4. The summed E-state index contributed by atoms with van der Waals surface area (Å²) in [5.74, 6) is -0.554. The van der Waals surface area contributed by atoms with Crippen molar-refractivity contribution in [3.63, 3.8) is 0 Å². The maximum atomic E-state index is 13.4. The molecule has 2 heterocycles. The maximum Gasteiger partial charge on any atom is 0.254 e. The topological polar surface area (TPSA) is 77.2 Å². The zero-order valence-electron chi connectivity index (χ0n) is 14.6. The van der Waals surface area contributed by atoms with Crippen LogP contribution in [0.25, 0.3) is 16.6 Å². The highest BCUT2D eigenvalue weighted by atomic mass is 32.2. The van der Waals surface area contributed by atoms with Gasteiger partial charge in [0.2, 0.25) is 0 Å². The Kier molecular flexibility index (Phi) is 5.13. The third kappa shape index (κ3) is 3.65.